The second kappa shape index (κ2) is 8.92. The van der Waals surface area contributed by atoms with Crippen molar-refractivity contribution in [3.05, 3.63) is 29.8 Å². The van der Waals surface area contributed by atoms with Crippen molar-refractivity contribution in [1.82, 2.24) is 10.6 Å². The van der Waals surface area contributed by atoms with Crippen LogP contribution in [0, 0.1) is 0 Å². The highest BCUT2D eigenvalue weighted by Gasteiger charge is 2.29. The Morgan fingerprint density at radius 3 is 2.33 bits per heavy atom. The zero-order valence-electron chi connectivity index (χ0n) is 15.2. The standard InChI is InChI=1S/C17H29N3O3S/c1-6-18-16(20-13-17(2,3)24(5,21)22)19-12-11-14-7-9-15(23-4)10-8-14/h7-10H,6,11-13H2,1-5H3,(H2,18,19,20). The first-order valence-electron chi connectivity index (χ1n) is 8.04. The molecule has 0 unspecified atom stereocenters. The second-order valence-corrected chi connectivity index (χ2v) is 8.90. The molecule has 0 heterocycles. The van der Waals surface area contributed by atoms with E-state index < -0.39 is 14.6 Å². The third kappa shape index (κ3) is 6.39. The average molecular weight is 356 g/mol. The van der Waals surface area contributed by atoms with E-state index in [9.17, 15) is 8.42 Å². The number of rotatable bonds is 8. The molecule has 0 aliphatic carbocycles. The molecule has 0 aromatic heterocycles. The third-order valence-electron chi connectivity index (χ3n) is 3.83. The molecule has 6 nitrogen and oxygen atoms in total. The topological polar surface area (TPSA) is 79.8 Å². The molecule has 0 bridgehead atoms. The molecule has 0 amide bonds. The van der Waals surface area contributed by atoms with E-state index in [-0.39, 0.29) is 6.54 Å². The minimum atomic E-state index is -3.16. The van der Waals surface area contributed by atoms with Crippen LogP contribution < -0.4 is 15.4 Å². The molecule has 0 aliphatic heterocycles. The molecule has 1 aromatic carbocycles. The summed E-state index contributed by atoms with van der Waals surface area (Å²) in [5.74, 6) is 1.47. The Kier molecular flexibility index (Phi) is 7.54. The van der Waals surface area contributed by atoms with Crippen LogP contribution in [0.4, 0.5) is 0 Å². The lowest BCUT2D eigenvalue weighted by Gasteiger charge is -2.21. The zero-order chi connectivity index (χ0) is 18.2. The van der Waals surface area contributed by atoms with Gasteiger partial charge in [0.2, 0.25) is 0 Å². The summed E-state index contributed by atoms with van der Waals surface area (Å²) in [4.78, 5) is 4.41. The van der Waals surface area contributed by atoms with Gasteiger partial charge in [0.1, 0.15) is 5.75 Å². The van der Waals surface area contributed by atoms with E-state index in [4.69, 9.17) is 4.74 Å². The number of sulfone groups is 1. The van der Waals surface area contributed by atoms with Crippen molar-refractivity contribution < 1.29 is 13.2 Å². The fourth-order valence-electron chi connectivity index (χ4n) is 1.85. The van der Waals surface area contributed by atoms with Gasteiger partial charge in [-0.3, -0.25) is 4.99 Å². The number of nitrogens with zero attached hydrogens (tertiary/aromatic N) is 1. The number of benzene rings is 1. The average Bonchev–Trinajstić information content (AvgIpc) is 2.52. The molecule has 0 fully saturated rings. The van der Waals surface area contributed by atoms with Gasteiger partial charge in [-0.1, -0.05) is 12.1 Å². The number of aliphatic imine (C=N–C) groups is 1. The summed E-state index contributed by atoms with van der Waals surface area (Å²) in [6.07, 6.45) is 2.08. The van der Waals surface area contributed by atoms with Gasteiger partial charge < -0.3 is 15.4 Å². The van der Waals surface area contributed by atoms with Crippen LogP contribution in [-0.4, -0.2) is 52.1 Å². The van der Waals surface area contributed by atoms with Crippen LogP contribution in [0.15, 0.2) is 29.3 Å². The van der Waals surface area contributed by atoms with Crippen LogP contribution in [0.3, 0.4) is 0 Å². The summed E-state index contributed by atoms with van der Waals surface area (Å²) in [5.41, 5.74) is 1.19. The van der Waals surface area contributed by atoms with Crippen molar-refractivity contribution in [2.75, 3.05) is 33.0 Å². The highest BCUT2D eigenvalue weighted by molar-refractivity contribution is 7.92. The number of hydrogen-bond acceptors (Lipinski definition) is 4. The summed E-state index contributed by atoms with van der Waals surface area (Å²) in [6.45, 7) is 6.98. The molecule has 0 saturated carbocycles. The van der Waals surface area contributed by atoms with Crippen molar-refractivity contribution in [2.24, 2.45) is 4.99 Å². The van der Waals surface area contributed by atoms with Gasteiger partial charge in [-0.25, -0.2) is 8.42 Å². The van der Waals surface area contributed by atoms with Gasteiger partial charge in [0.05, 0.1) is 18.4 Å². The highest BCUT2D eigenvalue weighted by Crippen LogP contribution is 2.15. The van der Waals surface area contributed by atoms with E-state index in [1.54, 1.807) is 21.0 Å². The first-order valence-corrected chi connectivity index (χ1v) is 9.93. The smallest absolute Gasteiger partial charge is 0.191 e. The minimum Gasteiger partial charge on any atom is -0.497 e. The molecule has 1 rings (SSSR count). The molecule has 1 aromatic rings. The lowest BCUT2D eigenvalue weighted by molar-refractivity contribution is 0.414. The third-order valence-corrected chi connectivity index (χ3v) is 5.97. The van der Waals surface area contributed by atoms with Gasteiger partial charge in [-0.05, 0) is 44.9 Å². The predicted molar refractivity (Wildman–Crippen MR) is 99.6 cm³/mol. The lowest BCUT2D eigenvalue weighted by atomic mass is 10.1. The van der Waals surface area contributed by atoms with E-state index in [1.165, 1.54) is 11.8 Å². The van der Waals surface area contributed by atoms with Gasteiger partial charge in [0.15, 0.2) is 15.8 Å². The molecule has 2 N–H and O–H groups in total. The number of nitrogens with one attached hydrogen (secondary N) is 2. The van der Waals surface area contributed by atoms with Crippen molar-refractivity contribution >= 4 is 15.8 Å². The Morgan fingerprint density at radius 2 is 1.83 bits per heavy atom. The first kappa shape index (κ1) is 20.3. The number of methoxy groups -OCH3 is 1. The molecule has 136 valence electrons. The largest absolute Gasteiger partial charge is 0.497 e. The van der Waals surface area contributed by atoms with Gasteiger partial charge in [0.25, 0.3) is 0 Å². The summed E-state index contributed by atoms with van der Waals surface area (Å²) < 4.78 is 27.8. The number of ether oxygens (including phenoxy) is 1. The minimum absolute atomic E-state index is 0.212. The van der Waals surface area contributed by atoms with Crippen molar-refractivity contribution in [2.45, 2.75) is 31.9 Å². The van der Waals surface area contributed by atoms with Crippen molar-refractivity contribution in [3.63, 3.8) is 0 Å². The van der Waals surface area contributed by atoms with E-state index in [2.05, 4.69) is 15.6 Å². The maximum Gasteiger partial charge on any atom is 0.191 e. The Hall–Kier alpha value is -1.76. The van der Waals surface area contributed by atoms with Gasteiger partial charge in [-0.2, -0.15) is 0 Å². The number of hydrogen-bond donors (Lipinski definition) is 2. The molecule has 0 radical (unpaired) electrons. The summed E-state index contributed by atoms with van der Waals surface area (Å²) >= 11 is 0. The summed E-state index contributed by atoms with van der Waals surface area (Å²) in [6, 6.07) is 7.92. The quantitative estimate of drug-likeness (QED) is 0.547. The highest BCUT2D eigenvalue weighted by atomic mass is 32.2. The Balaban J connectivity index is 2.60. The van der Waals surface area contributed by atoms with Crippen LogP contribution in [0.25, 0.3) is 0 Å². The van der Waals surface area contributed by atoms with Gasteiger partial charge >= 0.3 is 0 Å². The van der Waals surface area contributed by atoms with E-state index in [0.29, 0.717) is 19.0 Å². The van der Waals surface area contributed by atoms with Crippen molar-refractivity contribution in [3.8, 4) is 5.75 Å². The molecule has 0 spiro atoms. The normalized spacial score (nSPS) is 12.8. The predicted octanol–water partition coefficient (Wildman–Crippen LogP) is 1.62. The fourth-order valence-corrected chi connectivity index (χ4v) is 2.14. The maximum absolute atomic E-state index is 11.8. The Morgan fingerprint density at radius 1 is 1.21 bits per heavy atom. The molecule has 0 saturated heterocycles. The van der Waals surface area contributed by atoms with Gasteiger partial charge in [-0.15, -0.1) is 0 Å². The van der Waals surface area contributed by atoms with Crippen LogP contribution in [-0.2, 0) is 16.3 Å². The van der Waals surface area contributed by atoms with E-state index >= 15 is 0 Å². The molecule has 24 heavy (non-hydrogen) atoms. The van der Waals surface area contributed by atoms with Crippen LogP contribution in [0.1, 0.15) is 26.3 Å². The molecule has 0 aliphatic rings. The van der Waals surface area contributed by atoms with Crippen molar-refractivity contribution in [1.29, 1.82) is 0 Å². The Labute approximate surface area is 145 Å². The zero-order valence-corrected chi connectivity index (χ0v) is 16.0. The fraction of sp³-hybridized carbons (Fsp3) is 0.588. The molecule has 7 heteroatoms. The van der Waals surface area contributed by atoms with Gasteiger partial charge in [0, 0.05) is 19.3 Å². The first-order chi connectivity index (χ1) is 11.2. The SMILES string of the molecule is CCNC(=NCC(C)(C)S(C)(=O)=O)NCCc1ccc(OC)cc1. The van der Waals surface area contributed by atoms with Crippen LogP contribution >= 0.6 is 0 Å². The summed E-state index contributed by atoms with van der Waals surface area (Å²) in [5, 5.41) is 6.37. The molecular weight excluding hydrogens is 326 g/mol. The Bertz CT molecular complexity index is 638. The second-order valence-electron chi connectivity index (χ2n) is 6.25. The molecule has 0 atom stereocenters. The van der Waals surface area contributed by atoms with Crippen LogP contribution in [0.5, 0.6) is 5.75 Å². The summed E-state index contributed by atoms with van der Waals surface area (Å²) in [7, 11) is -1.51. The van der Waals surface area contributed by atoms with E-state index in [0.717, 1.165) is 12.2 Å². The maximum atomic E-state index is 11.8. The molecular formula is C17H29N3O3S. The lowest BCUT2D eigenvalue weighted by Crippen LogP contribution is -2.41. The van der Waals surface area contributed by atoms with Crippen LogP contribution in [0.2, 0.25) is 0 Å². The number of guanidine groups is 1. The monoisotopic (exact) mass is 355 g/mol. The van der Waals surface area contributed by atoms with E-state index in [1.807, 2.05) is 31.2 Å².